The number of carbonyl (C=O) groups is 9. The van der Waals surface area contributed by atoms with Crippen molar-refractivity contribution in [3.63, 3.8) is 0 Å². The number of likely N-dealkylation sites (tertiary alicyclic amines) is 1. The number of ether oxygens (including phenoxy) is 4. The molecule has 6 unspecified atom stereocenters. The second-order valence-corrected chi connectivity index (χ2v) is 23.2. The van der Waals surface area contributed by atoms with Gasteiger partial charge in [0, 0.05) is 59.8 Å². The number of methoxy groups -OCH3 is 2. The first-order chi connectivity index (χ1) is 40.0. The van der Waals surface area contributed by atoms with Gasteiger partial charge in [-0.05, 0) is 84.5 Å². The van der Waals surface area contributed by atoms with E-state index in [1.807, 2.05) is 19.9 Å². The average Bonchev–Trinajstić information content (AvgIpc) is 2.38. The number of anilines is 1. The number of benzene rings is 2. The van der Waals surface area contributed by atoms with E-state index in [4.69, 9.17) is 18.9 Å². The molecule has 2 aromatic carbocycles. The zero-order valence-electron chi connectivity index (χ0n) is 50.8. The van der Waals surface area contributed by atoms with Crippen LogP contribution in [0.5, 0.6) is 0 Å². The van der Waals surface area contributed by atoms with Crippen molar-refractivity contribution in [1.29, 1.82) is 0 Å². The minimum Gasteiger partial charge on any atom is -0.480 e. The van der Waals surface area contributed by atoms with Gasteiger partial charge in [-0.1, -0.05) is 97.4 Å². The van der Waals surface area contributed by atoms with Gasteiger partial charge < -0.3 is 60.4 Å². The summed E-state index contributed by atoms with van der Waals surface area (Å²) in [6.07, 6.45) is 2.50. The number of nitrogens with zero attached hydrogens (tertiary/aromatic N) is 3. The number of amides is 8. The molecular formula is C62H90N8O14. The maximum Gasteiger partial charge on any atom is 0.410 e. The standard InChI is InChI=1S/C62H90N8O14/c1-12-39(6)55(49(81-10)32-51(72)70-30-20-25-48(70)56(82-11)40(7)57(74)66-47(60(77)78)31-41-21-16-15-17-22-41)68(8)52(73)34-64-59(76)54(38(4)5)69(9)62(80)84-35-42-26-28-43(29-27-42)65-50(71)33-63-58(75)53(37(2)3)67-61(79)83-36-46-44-23-18-13-14-19-24-45(44)46/h15-17,21-22,26-29,37-40,44-49,53-56H,12,18-20,23-25,30-36H2,1-11H3,(H,63,75)(H,64,76)(H,65,71)(H,66,74)(H,67,79)(H,77,78)/t39?,40-,44-,45+,46?,47+,48+,49?,53?,54?,55?,56-/m1/s1. The number of hydrogen-bond donors (Lipinski definition) is 6. The highest BCUT2D eigenvalue weighted by molar-refractivity contribution is 5.96. The molecule has 8 amide bonds. The zero-order valence-corrected chi connectivity index (χ0v) is 50.8. The number of carboxylic acids is 1. The monoisotopic (exact) mass is 1170 g/mol. The summed E-state index contributed by atoms with van der Waals surface area (Å²) in [5.41, 5.74) is 1.74. The van der Waals surface area contributed by atoms with Crippen molar-refractivity contribution in [2.45, 2.75) is 155 Å². The molecular weight excluding hydrogens is 1080 g/mol. The van der Waals surface area contributed by atoms with E-state index in [-0.39, 0.29) is 50.3 Å². The molecule has 2 aliphatic carbocycles. The quantitative estimate of drug-likeness (QED) is 0.0537. The summed E-state index contributed by atoms with van der Waals surface area (Å²) in [6.45, 7) is 12.4. The minimum atomic E-state index is -1.18. The number of carbonyl (C=O) groups excluding carboxylic acids is 8. The lowest BCUT2D eigenvalue weighted by Crippen LogP contribution is -2.56. The van der Waals surface area contributed by atoms with Crippen LogP contribution in [-0.2, 0) is 65.5 Å². The van der Waals surface area contributed by atoms with Crippen LogP contribution in [0.4, 0.5) is 15.3 Å². The van der Waals surface area contributed by atoms with Gasteiger partial charge in [0.1, 0.15) is 24.7 Å². The van der Waals surface area contributed by atoms with Crippen LogP contribution in [0.15, 0.2) is 54.6 Å². The maximum atomic E-state index is 14.3. The van der Waals surface area contributed by atoms with Gasteiger partial charge in [-0.25, -0.2) is 14.4 Å². The average molecular weight is 1170 g/mol. The Labute approximate surface area is 494 Å². The maximum absolute atomic E-state index is 14.3. The van der Waals surface area contributed by atoms with Crippen LogP contribution in [0, 0.1) is 53.3 Å². The SMILES string of the molecule is CCC(C)C(C(CC(=O)N1CCC[C@H]1[C@H](OC)[C@@H](C)C(=O)N[C@@H](Cc1ccccc1)C(=O)O)OC)N(C)C(=O)CNC(=O)C(C(C)C)N(C)C(=O)OCc1ccc(NC(=O)CNC(=O)C(NC(=O)OCC2[C@H]3CCC#CCC[C@@H]23)C(C)C)cc1. The van der Waals surface area contributed by atoms with E-state index in [1.165, 1.54) is 26.2 Å². The zero-order chi connectivity index (χ0) is 61.8. The van der Waals surface area contributed by atoms with Gasteiger partial charge in [-0.15, -0.1) is 11.8 Å². The summed E-state index contributed by atoms with van der Waals surface area (Å²) in [5.74, 6) is 1.96. The number of alkyl carbamates (subject to hydrolysis) is 1. The first-order valence-corrected chi connectivity index (χ1v) is 29.4. The Morgan fingerprint density at radius 1 is 0.738 bits per heavy atom. The van der Waals surface area contributed by atoms with Gasteiger partial charge >= 0.3 is 18.2 Å². The van der Waals surface area contributed by atoms with E-state index in [0.717, 1.165) is 36.1 Å². The van der Waals surface area contributed by atoms with Crippen molar-refractivity contribution in [3.05, 3.63) is 65.7 Å². The number of aliphatic carboxylic acids is 1. The second kappa shape index (κ2) is 32.7. The lowest BCUT2D eigenvalue weighted by molar-refractivity contribution is -0.147. The third-order valence-electron chi connectivity index (χ3n) is 16.7. The van der Waals surface area contributed by atoms with E-state index < -0.39 is 108 Å². The fourth-order valence-electron chi connectivity index (χ4n) is 11.7. The highest BCUT2D eigenvalue weighted by atomic mass is 16.6. The molecule has 0 spiro atoms. The molecule has 2 aromatic rings. The summed E-state index contributed by atoms with van der Waals surface area (Å²) in [6, 6.07) is 11.2. The number of fused-ring (bicyclic) bond motifs is 1. The highest BCUT2D eigenvalue weighted by Crippen LogP contribution is 2.52. The van der Waals surface area contributed by atoms with E-state index in [9.17, 15) is 48.3 Å². The molecule has 1 saturated carbocycles. The van der Waals surface area contributed by atoms with Crippen LogP contribution < -0.4 is 26.6 Å². The predicted molar refractivity (Wildman–Crippen MR) is 313 cm³/mol. The Morgan fingerprint density at radius 2 is 1.38 bits per heavy atom. The first-order valence-electron chi connectivity index (χ1n) is 29.4. The Morgan fingerprint density at radius 3 is 1.96 bits per heavy atom. The summed E-state index contributed by atoms with van der Waals surface area (Å²) in [4.78, 5) is 124. The second-order valence-electron chi connectivity index (χ2n) is 23.2. The molecule has 22 nitrogen and oxygen atoms in total. The number of likely N-dealkylation sites (N-methyl/N-ethyl adjacent to an activating group) is 2. The van der Waals surface area contributed by atoms with Crippen molar-refractivity contribution in [1.82, 2.24) is 36.0 Å². The van der Waals surface area contributed by atoms with Gasteiger partial charge in [0.05, 0.1) is 56.3 Å². The molecule has 0 radical (unpaired) electrons. The summed E-state index contributed by atoms with van der Waals surface area (Å²) in [7, 11) is 5.95. The fraction of sp³-hybridized carbons (Fsp3) is 0.629. The largest absolute Gasteiger partial charge is 0.480 e. The summed E-state index contributed by atoms with van der Waals surface area (Å²) < 4.78 is 22.9. The summed E-state index contributed by atoms with van der Waals surface area (Å²) in [5, 5.41) is 23.3. The third-order valence-corrected chi connectivity index (χ3v) is 16.7. The van der Waals surface area contributed by atoms with Crippen molar-refractivity contribution in [2.75, 3.05) is 59.9 Å². The van der Waals surface area contributed by atoms with Crippen LogP contribution in [0.1, 0.15) is 111 Å². The lowest BCUT2D eigenvalue weighted by atomic mass is 9.90. The topological polar surface area (TPSA) is 281 Å². The van der Waals surface area contributed by atoms with Gasteiger partial charge in [0.15, 0.2) is 0 Å². The molecule has 12 atom stereocenters. The minimum absolute atomic E-state index is 0.0895. The Bertz CT molecular complexity index is 2610. The molecule has 0 aromatic heterocycles. The van der Waals surface area contributed by atoms with E-state index in [0.29, 0.717) is 54.8 Å². The van der Waals surface area contributed by atoms with Crippen LogP contribution in [0.25, 0.3) is 0 Å². The molecule has 84 heavy (non-hydrogen) atoms. The van der Waals surface area contributed by atoms with Gasteiger partial charge in [-0.2, -0.15) is 0 Å². The molecule has 1 aliphatic heterocycles. The molecule has 5 rings (SSSR count). The Balaban J connectivity index is 1.08. The van der Waals surface area contributed by atoms with Crippen molar-refractivity contribution < 1.29 is 67.2 Å². The fourth-order valence-corrected chi connectivity index (χ4v) is 11.7. The van der Waals surface area contributed by atoms with E-state index >= 15 is 0 Å². The van der Waals surface area contributed by atoms with E-state index in [1.54, 1.807) is 95.1 Å². The van der Waals surface area contributed by atoms with Gasteiger partial charge in [0.25, 0.3) is 0 Å². The van der Waals surface area contributed by atoms with Crippen molar-refractivity contribution in [3.8, 4) is 11.8 Å². The summed E-state index contributed by atoms with van der Waals surface area (Å²) >= 11 is 0. The Kier molecular flexibility index (Phi) is 26.3. The Hall–Kier alpha value is -7.25. The molecule has 1 heterocycles. The van der Waals surface area contributed by atoms with E-state index in [2.05, 4.69) is 38.4 Å². The lowest BCUT2D eigenvalue weighted by Gasteiger charge is -2.39. The van der Waals surface area contributed by atoms with Crippen molar-refractivity contribution in [2.24, 2.45) is 41.4 Å². The van der Waals surface area contributed by atoms with Crippen molar-refractivity contribution >= 4 is 59.3 Å². The van der Waals surface area contributed by atoms with Gasteiger partial charge in [-0.3, -0.25) is 33.7 Å². The van der Waals surface area contributed by atoms with Crippen LogP contribution in [0.3, 0.4) is 0 Å². The van der Waals surface area contributed by atoms with Crippen LogP contribution in [0.2, 0.25) is 0 Å². The molecule has 462 valence electrons. The third kappa shape index (κ3) is 19.1. The molecule has 6 N–H and O–H groups in total. The number of carboxylic acid groups (broad SMARTS) is 1. The number of hydrogen-bond acceptors (Lipinski definition) is 13. The molecule has 22 heteroatoms. The smallest absolute Gasteiger partial charge is 0.410 e. The highest BCUT2D eigenvalue weighted by Gasteiger charge is 2.49. The molecule has 0 bridgehead atoms. The molecule has 3 aliphatic rings. The first kappa shape index (κ1) is 67.5. The number of nitrogens with one attached hydrogen (secondary N) is 5. The number of rotatable bonds is 30. The predicted octanol–water partition coefficient (Wildman–Crippen LogP) is 5.37. The van der Waals surface area contributed by atoms with Crippen LogP contribution in [-0.4, -0.2) is 170 Å². The van der Waals surface area contributed by atoms with Gasteiger partial charge in [0.2, 0.25) is 35.4 Å². The molecule has 2 fully saturated rings. The normalized spacial score (nSPS) is 20.0. The van der Waals surface area contributed by atoms with Crippen LogP contribution >= 0.6 is 0 Å². The molecule has 1 saturated heterocycles.